The van der Waals surface area contributed by atoms with E-state index in [0.717, 1.165) is 6.42 Å². The summed E-state index contributed by atoms with van der Waals surface area (Å²) in [6.07, 6.45) is -1.32. The first kappa shape index (κ1) is 8.86. The van der Waals surface area contributed by atoms with Crippen LogP contribution in [0.15, 0.2) is 0 Å². The highest BCUT2D eigenvalue weighted by molar-refractivity contribution is 4.66. The van der Waals surface area contributed by atoms with Gasteiger partial charge in [-0.25, -0.2) is 8.78 Å². The number of alkyl halides is 2. The molecule has 0 nitrogen and oxygen atoms in total. The Morgan fingerprint density at radius 2 is 1.78 bits per heavy atom. The van der Waals surface area contributed by atoms with Gasteiger partial charge in [0.05, 0.1) is 0 Å². The van der Waals surface area contributed by atoms with Gasteiger partial charge in [-0.1, -0.05) is 27.2 Å². The Morgan fingerprint density at radius 1 is 1.33 bits per heavy atom. The van der Waals surface area contributed by atoms with E-state index in [1.165, 1.54) is 0 Å². The molecular weight excluding hydrogens is 122 g/mol. The van der Waals surface area contributed by atoms with Crippen molar-refractivity contribution in [2.24, 2.45) is 5.41 Å². The SMILES string of the molecule is CCC(C)(C)CC(F)F. The maximum atomic E-state index is 11.7. The molecule has 2 heteroatoms. The van der Waals surface area contributed by atoms with Gasteiger partial charge in [0.1, 0.15) is 0 Å². The zero-order chi connectivity index (χ0) is 7.49. The van der Waals surface area contributed by atoms with Crippen molar-refractivity contribution < 1.29 is 8.78 Å². The summed E-state index contributed by atoms with van der Waals surface area (Å²) in [6.45, 7) is 5.65. The standard InChI is InChI=1S/C7H14F2/c1-4-7(2,3)5-6(8)9/h6H,4-5H2,1-3H3. The Hall–Kier alpha value is -0.140. The molecule has 9 heavy (non-hydrogen) atoms. The van der Waals surface area contributed by atoms with Gasteiger partial charge in [-0.05, 0) is 5.41 Å². The van der Waals surface area contributed by atoms with E-state index in [2.05, 4.69) is 0 Å². The van der Waals surface area contributed by atoms with E-state index in [9.17, 15) is 8.78 Å². The molecule has 0 amide bonds. The lowest BCUT2D eigenvalue weighted by molar-refractivity contribution is 0.0856. The van der Waals surface area contributed by atoms with Crippen molar-refractivity contribution in [2.45, 2.75) is 40.0 Å². The highest BCUT2D eigenvalue weighted by Gasteiger charge is 2.20. The Morgan fingerprint density at radius 3 is 1.89 bits per heavy atom. The van der Waals surface area contributed by atoms with Crippen molar-refractivity contribution in [1.29, 1.82) is 0 Å². The number of hydrogen-bond donors (Lipinski definition) is 0. The van der Waals surface area contributed by atoms with Crippen molar-refractivity contribution >= 4 is 0 Å². The molecular formula is C7H14F2. The summed E-state index contributed by atoms with van der Waals surface area (Å²) in [5.41, 5.74) is -0.186. The van der Waals surface area contributed by atoms with Gasteiger partial charge in [-0.2, -0.15) is 0 Å². The molecule has 0 aromatic heterocycles. The van der Waals surface area contributed by atoms with Crippen LogP contribution in [0.1, 0.15) is 33.6 Å². The van der Waals surface area contributed by atoms with Crippen molar-refractivity contribution in [2.75, 3.05) is 0 Å². The fourth-order valence-electron chi connectivity index (χ4n) is 0.562. The van der Waals surface area contributed by atoms with Gasteiger partial charge < -0.3 is 0 Å². The van der Waals surface area contributed by atoms with Gasteiger partial charge in [0.2, 0.25) is 6.43 Å². The maximum Gasteiger partial charge on any atom is 0.239 e. The monoisotopic (exact) mass is 136 g/mol. The zero-order valence-electron chi connectivity index (χ0n) is 6.25. The average molecular weight is 136 g/mol. The molecule has 56 valence electrons. The predicted molar refractivity (Wildman–Crippen MR) is 34.7 cm³/mol. The van der Waals surface area contributed by atoms with Crippen LogP contribution in [0.4, 0.5) is 8.78 Å². The molecule has 0 saturated heterocycles. The first-order chi connectivity index (χ1) is 3.98. The van der Waals surface area contributed by atoms with Gasteiger partial charge in [0, 0.05) is 6.42 Å². The summed E-state index contributed by atoms with van der Waals surface area (Å²) >= 11 is 0. The summed E-state index contributed by atoms with van der Waals surface area (Å²) in [7, 11) is 0. The van der Waals surface area contributed by atoms with Crippen LogP contribution in [0.5, 0.6) is 0 Å². The van der Waals surface area contributed by atoms with E-state index in [1.807, 2.05) is 20.8 Å². The van der Waals surface area contributed by atoms with Crippen LogP contribution >= 0.6 is 0 Å². The van der Waals surface area contributed by atoms with E-state index in [-0.39, 0.29) is 11.8 Å². The lowest BCUT2D eigenvalue weighted by Crippen LogP contribution is -2.13. The summed E-state index contributed by atoms with van der Waals surface area (Å²) in [5, 5.41) is 0. The fourth-order valence-corrected chi connectivity index (χ4v) is 0.562. The maximum absolute atomic E-state index is 11.7. The number of hydrogen-bond acceptors (Lipinski definition) is 0. The molecule has 0 rings (SSSR count). The molecule has 0 aliphatic rings. The topological polar surface area (TPSA) is 0 Å². The molecule has 0 heterocycles. The third-order valence-electron chi connectivity index (χ3n) is 1.66. The van der Waals surface area contributed by atoms with Crippen LogP contribution in [0.2, 0.25) is 0 Å². The van der Waals surface area contributed by atoms with Crippen LogP contribution in [-0.4, -0.2) is 6.43 Å². The molecule has 0 bridgehead atoms. The summed E-state index contributed by atoms with van der Waals surface area (Å²) < 4.78 is 23.4. The Balaban J connectivity index is 3.58. The third kappa shape index (κ3) is 4.37. The molecule has 0 unspecified atom stereocenters. The molecule has 0 aromatic carbocycles. The lowest BCUT2D eigenvalue weighted by atomic mass is 9.87. The number of halogens is 2. The second kappa shape index (κ2) is 3.14. The number of rotatable bonds is 3. The van der Waals surface area contributed by atoms with Crippen LogP contribution in [0.3, 0.4) is 0 Å². The molecule has 0 atom stereocenters. The van der Waals surface area contributed by atoms with Crippen LogP contribution in [0, 0.1) is 5.41 Å². The van der Waals surface area contributed by atoms with Crippen LogP contribution in [0.25, 0.3) is 0 Å². The smallest absolute Gasteiger partial charge is 0.211 e. The molecule has 0 saturated carbocycles. The van der Waals surface area contributed by atoms with E-state index in [4.69, 9.17) is 0 Å². The molecule has 0 spiro atoms. The summed E-state index contributed by atoms with van der Waals surface area (Å²) in [6, 6.07) is 0. The highest BCUT2D eigenvalue weighted by atomic mass is 19.3. The van der Waals surface area contributed by atoms with Gasteiger partial charge in [0.25, 0.3) is 0 Å². The lowest BCUT2D eigenvalue weighted by Gasteiger charge is -2.21. The Kier molecular flexibility index (Phi) is 3.09. The van der Waals surface area contributed by atoms with E-state index in [0.29, 0.717) is 0 Å². The van der Waals surface area contributed by atoms with Gasteiger partial charge in [-0.3, -0.25) is 0 Å². The second-order valence-electron chi connectivity index (χ2n) is 3.11. The molecule has 0 N–H and O–H groups in total. The third-order valence-corrected chi connectivity index (χ3v) is 1.66. The summed E-state index contributed by atoms with van der Waals surface area (Å²) in [4.78, 5) is 0. The molecule has 0 radical (unpaired) electrons. The predicted octanol–water partition coefficient (Wildman–Crippen LogP) is 3.08. The summed E-state index contributed by atoms with van der Waals surface area (Å²) in [5.74, 6) is 0. The van der Waals surface area contributed by atoms with Crippen molar-refractivity contribution in [3.63, 3.8) is 0 Å². The average Bonchev–Trinajstić information content (AvgIpc) is 1.63. The fraction of sp³-hybridized carbons (Fsp3) is 1.00. The first-order valence-corrected chi connectivity index (χ1v) is 3.26. The van der Waals surface area contributed by atoms with Gasteiger partial charge in [0.15, 0.2) is 0 Å². The largest absolute Gasteiger partial charge is 0.239 e. The van der Waals surface area contributed by atoms with Crippen LogP contribution < -0.4 is 0 Å². The Bertz CT molecular complexity index is 77.0. The van der Waals surface area contributed by atoms with Gasteiger partial charge in [-0.15, -0.1) is 0 Å². The van der Waals surface area contributed by atoms with Crippen molar-refractivity contribution in [1.82, 2.24) is 0 Å². The van der Waals surface area contributed by atoms with E-state index in [1.54, 1.807) is 0 Å². The zero-order valence-corrected chi connectivity index (χ0v) is 6.25. The first-order valence-electron chi connectivity index (χ1n) is 3.26. The van der Waals surface area contributed by atoms with E-state index < -0.39 is 6.43 Å². The minimum Gasteiger partial charge on any atom is -0.211 e. The van der Waals surface area contributed by atoms with Crippen LogP contribution in [-0.2, 0) is 0 Å². The molecule has 0 aliphatic heterocycles. The minimum atomic E-state index is -2.15. The normalized spacial score (nSPS) is 12.7. The van der Waals surface area contributed by atoms with Crippen molar-refractivity contribution in [3.05, 3.63) is 0 Å². The second-order valence-corrected chi connectivity index (χ2v) is 3.11. The minimum absolute atomic E-state index is 0.0174. The van der Waals surface area contributed by atoms with Crippen molar-refractivity contribution in [3.8, 4) is 0 Å². The molecule has 0 aromatic rings. The van der Waals surface area contributed by atoms with Gasteiger partial charge >= 0.3 is 0 Å². The quantitative estimate of drug-likeness (QED) is 0.559. The Labute approximate surface area is 55.3 Å². The molecule has 0 aliphatic carbocycles. The molecule has 0 fully saturated rings. The highest BCUT2D eigenvalue weighted by Crippen LogP contribution is 2.27. The van der Waals surface area contributed by atoms with E-state index >= 15 is 0 Å².